The van der Waals surface area contributed by atoms with E-state index in [1.54, 1.807) is 7.11 Å². The number of nitrogens with one attached hydrogen (secondary N) is 3. The molecular formula is C29H43N3O6S. The molecular weight excluding hydrogens is 518 g/mol. The van der Waals surface area contributed by atoms with E-state index in [0.717, 1.165) is 29.7 Å². The number of ether oxygens (including phenoxy) is 2. The van der Waals surface area contributed by atoms with Crippen LogP contribution in [0.4, 0.5) is 4.79 Å². The van der Waals surface area contributed by atoms with E-state index in [0.29, 0.717) is 38.9 Å². The third-order valence-electron chi connectivity index (χ3n) is 6.24. The maximum Gasteiger partial charge on any atom is 0.408 e. The largest absolute Gasteiger partial charge is 0.497 e. The van der Waals surface area contributed by atoms with Crippen LogP contribution in [0, 0.1) is 0 Å². The average molecular weight is 562 g/mol. The molecule has 0 bridgehead atoms. The molecule has 216 valence electrons. The first-order valence-electron chi connectivity index (χ1n) is 13.6. The second-order valence-electron chi connectivity index (χ2n) is 9.46. The van der Waals surface area contributed by atoms with Gasteiger partial charge in [0, 0.05) is 13.1 Å². The van der Waals surface area contributed by atoms with Gasteiger partial charge in [-0.15, -0.1) is 0 Å². The number of sulfone groups is 1. The van der Waals surface area contributed by atoms with Crippen molar-refractivity contribution in [1.82, 2.24) is 16.0 Å². The number of carbonyl (C=O) groups is 2. The normalized spacial score (nSPS) is 12.1. The monoisotopic (exact) mass is 561 g/mol. The van der Waals surface area contributed by atoms with Gasteiger partial charge >= 0.3 is 6.09 Å². The third kappa shape index (κ3) is 12.1. The molecule has 0 saturated heterocycles. The first-order valence-corrected chi connectivity index (χ1v) is 15.3. The van der Waals surface area contributed by atoms with Crippen LogP contribution >= 0.6 is 0 Å². The molecule has 10 heteroatoms. The summed E-state index contributed by atoms with van der Waals surface area (Å²) in [7, 11) is -2.01. The lowest BCUT2D eigenvalue weighted by Crippen LogP contribution is -2.51. The van der Waals surface area contributed by atoms with E-state index in [2.05, 4.69) is 16.0 Å². The Morgan fingerprint density at radius 3 is 2.28 bits per heavy atom. The number of rotatable bonds is 18. The quantitative estimate of drug-likeness (QED) is 0.235. The highest BCUT2D eigenvalue weighted by Crippen LogP contribution is 2.17. The van der Waals surface area contributed by atoms with Crippen LogP contribution < -0.4 is 20.7 Å². The lowest BCUT2D eigenvalue weighted by Gasteiger charge is -2.22. The minimum atomic E-state index is -3.63. The Morgan fingerprint density at radius 2 is 1.62 bits per heavy atom. The van der Waals surface area contributed by atoms with E-state index in [4.69, 9.17) is 9.47 Å². The molecule has 2 aromatic carbocycles. The predicted molar refractivity (Wildman–Crippen MR) is 153 cm³/mol. The Balaban J connectivity index is 1.93. The van der Waals surface area contributed by atoms with Gasteiger partial charge in [-0.1, -0.05) is 69.2 Å². The minimum Gasteiger partial charge on any atom is -0.497 e. The van der Waals surface area contributed by atoms with E-state index in [9.17, 15) is 18.0 Å². The van der Waals surface area contributed by atoms with Gasteiger partial charge in [-0.2, -0.15) is 0 Å². The molecule has 0 aliphatic carbocycles. The van der Waals surface area contributed by atoms with Gasteiger partial charge in [0.15, 0.2) is 9.84 Å². The summed E-state index contributed by atoms with van der Waals surface area (Å²) in [6.07, 6.45) is 2.26. The second-order valence-corrected chi connectivity index (χ2v) is 11.8. The van der Waals surface area contributed by atoms with Crippen molar-refractivity contribution in [2.75, 3.05) is 26.0 Å². The predicted octanol–water partition coefficient (Wildman–Crippen LogP) is 3.97. The SMILES string of the molecule is CCCC(CCC)S(=O)(=O)CC(NC(=O)OCc1ccccc1)C(=O)NCCCNCc1cccc(OC)c1. The summed E-state index contributed by atoms with van der Waals surface area (Å²) in [6.45, 7) is 5.50. The summed E-state index contributed by atoms with van der Waals surface area (Å²) in [6, 6.07) is 15.6. The molecule has 2 amide bonds. The molecule has 0 aromatic heterocycles. The summed E-state index contributed by atoms with van der Waals surface area (Å²) >= 11 is 0. The van der Waals surface area contributed by atoms with Crippen LogP contribution in [-0.4, -0.2) is 57.7 Å². The van der Waals surface area contributed by atoms with Crippen molar-refractivity contribution in [3.8, 4) is 5.75 Å². The van der Waals surface area contributed by atoms with Crippen LogP contribution in [0.5, 0.6) is 5.75 Å². The molecule has 2 rings (SSSR count). The average Bonchev–Trinajstić information content (AvgIpc) is 2.93. The zero-order valence-corrected chi connectivity index (χ0v) is 24.1. The molecule has 39 heavy (non-hydrogen) atoms. The van der Waals surface area contributed by atoms with E-state index in [-0.39, 0.29) is 6.61 Å². The summed E-state index contributed by atoms with van der Waals surface area (Å²) in [5, 5.41) is 8.02. The Morgan fingerprint density at radius 1 is 0.923 bits per heavy atom. The Kier molecular flexibility index (Phi) is 14.4. The maximum absolute atomic E-state index is 13.2. The molecule has 1 unspecified atom stereocenters. The van der Waals surface area contributed by atoms with Gasteiger partial charge in [0.1, 0.15) is 18.4 Å². The molecule has 9 nitrogen and oxygen atoms in total. The van der Waals surface area contributed by atoms with Gasteiger partial charge in [0.05, 0.1) is 18.1 Å². The van der Waals surface area contributed by atoms with Crippen molar-refractivity contribution >= 4 is 21.8 Å². The van der Waals surface area contributed by atoms with Crippen LogP contribution in [0.25, 0.3) is 0 Å². The summed E-state index contributed by atoms with van der Waals surface area (Å²) < 4.78 is 36.9. The topological polar surface area (TPSA) is 123 Å². The summed E-state index contributed by atoms with van der Waals surface area (Å²) in [4.78, 5) is 25.5. The third-order valence-corrected chi connectivity index (χ3v) is 8.53. The second kappa shape index (κ2) is 17.5. The van der Waals surface area contributed by atoms with E-state index >= 15 is 0 Å². The zero-order chi connectivity index (χ0) is 28.5. The highest BCUT2D eigenvalue weighted by molar-refractivity contribution is 7.92. The van der Waals surface area contributed by atoms with Gasteiger partial charge in [-0.3, -0.25) is 4.79 Å². The van der Waals surface area contributed by atoms with Crippen molar-refractivity contribution in [1.29, 1.82) is 0 Å². The fourth-order valence-corrected chi connectivity index (χ4v) is 6.33. The maximum atomic E-state index is 13.2. The van der Waals surface area contributed by atoms with Crippen molar-refractivity contribution in [2.45, 2.75) is 70.4 Å². The zero-order valence-electron chi connectivity index (χ0n) is 23.3. The molecule has 3 N–H and O–H groups in total. The van der Waals surface area contributed by atoms with Crippen molar-refractivity contribution in [2.24, 2.45) is 0 Å². The number of hydrogen-bond acceptors (Lipinski definition) is 7. The number of hydrogen-bond donors (Lipinski definition) is 3. The van der Waals surface area contributed by atoms with Crippen LogP contribution in [-0.2, 0) is 32.5 Å². The Labute approximate surface area is 233 Å². The van der Waals surface area contributed by atoms with Gasteiger partial charge in [0.2, 0.25) is 5.91 Å². The van der Waals surface area contributed by atoms with Gasteiger partial charge in [-0.25, -0.2) is 13.2 Å². The minimum absolute atomic E-state index is 0.0149. The molecule has 0 fully saturated rings. The number of benzene rings is 2. The smallest absolute Gasteiger partial charge is 0.408 e. The van der Waals surface area contributed by atoms with Gasteiger partial charge < -0.3 is 25.4 Å². The number of alkyl carbamates (subject to hydrolysis) is 1. The van der Waals surface area contributed by atoms with E-state index in [1.165, 1.54) is 0 Å². The fraction of sp³-hybridized carbons (Fsp3) is 0.517. The molecule has 0 heterocycles. The summed E-state index contributed by atoms with van der Waals surface area (Å²) in [5.74, 6) is -0.231. The van der Waals surface area contributed by atoms with Crippen LogP contribution in [0.2, 0.25) is 0 Å². The van der Waals surface area contributed by atoms with Crippen molar-refractivity contribution in [3.05, 3.63) is 65.7 Å². The first kappa shape index (κ1) is 32.1. The Bertz CT molecular complexity index is 1110. The van der Waals surface area contributed by atoms with Crippen LogP contribution in [0.15, 0.2) is 54.6 Å². The van der Waals surface area contributed by atoms with Crippen LogP contribution in [0.1, 0.15) is 57.1 Å². The van der Waals surface area contributed by atoms with E-state index < -0.39 is 38.9 Å². The molecule has 0 aliphatic rings. The van der Waals surface area contributed by atoms with Crippen LogP contribution in [0.3, 0.4) is 0 Å². The molecule has 0 aliphatic heterocycles. The molecule has 1 atom stereocenters. The van der Waals surface area contributed by atoms with Crippen molar-refractivity contribution < 1.29 is 27.5 Å². The molecule has 0 radical (unpaired) electrons. The Hall–Kier alpha value is -3.11. The molecule has 0 saturated carbocycles. The number of methoxy groups -OCH3 is 1. The number of carbonyl (C=O) groups excluding carboxylic acids is 2. The molecule has 0 spiro atoms. The highest BCUT2D eigenvalue weighted by atomic mass is 32.2. The van der Waals surface area contributed by atoms with Gasteiger partial charge in [0.25, 0.3) is 0 Å². The standard InChI is InChI=1S/C29H43N3O6S/c1-4-11-26(12-5-2)39(35,36)22-27(32-29(34)38-21-23-13-7-6-8-14-23)28(33)31-18-10-17-30-20-24-15-9-16-25(19-24)37-3/h6-9,13-16,19,26-27,30H,4-5,10-12,17-18,20-22H2,1-3H3,(H,31,33)(H,32,34). The lowest BCUT2D eigenvalue weighted by molar-refractivity contribution is -0.122. The first-order chi connectivity index (χ1) is 18.8. The van der Waals surface area contributed by atoms with Crippen molar-refractivity contribution in [3.63, 3.8) is 0 Å². The fourth-order valence-electron chi connectivity index (χ4n) is 4.17. The lowest BCUT2D eigenvalue weighted by atomic mass is 10.2. The van der Waals surface area contributed by atoms with E-state index in [1.807, 2.05) is 68.4 Å². The molecule has 2 aromatic rings. The highest BCUT2D eigenvalue weighted by Gasteiger charge is 2.32. The number of amides is 2. The summed E-state index contributed by atoms with van der Waals surface area (Å²) in [5.41, 5.74) is 1.87. The van der Waals surface area contributed by atoms with Gasteiger partial charge in [-0.05, 0) is 49.1 Å².